The molecule has 0 aliphatic rings. The number of aromatic amines is 1. The molecule has 1 N–H and O–H groups in total. The Balaban J connectivity index is 3.20. The molecule has 1 aromatic rings. The van der Waals surface area contributed by atoms with Crippen molar-refractivity contribution < 1.29 is 0 Å². The lowest BCUT2D eigenvalue weighted by Crippen LogP contribution is -1.74. The molecule has 1 aromatic heterocycles. The van der Waals surface area contributed by atoms with Crippen molar-refractivity contribution >= 4 is 15.9 Å². The summed E-state index contributed by atoms with van der Waals surface area (Å²) in [5.41, 5.74) is 1.24. The standard InChI is InChI=1S/C5H4BrN3/c1-3-4(2-7)9-5(6)8-3/h1H3,(H,8,9). The van der Waals surface area contributed by atoms with Gasteiger partial charge >= 0.3 is 0 Å². The summed E-state index contributed by atoms with van der Waals surface area (Å²) in [6, 6.07) is 1.94. The number of hydrogen-bond donors (Lipinski definition) is 1. The van der Waals surface area contributed by atoms with E-state index in [0.29, 0.717) is 10.4 Å². The van der Waals surface area contributed by atoms with Crippen LogP contribution in [-0.4, -0.2) is 9.97 Å². The van der Waals surface area contributed by atoms with E-state index in [1.165, 1.54) is 0 Å². The van der Waals surface area contributed by atoms with Crippen molar-refractivity contribution in [3.63, 3.8) is 0 Å². The number of nitrogens with one attached hydrogen (secondary N) is 1. The van der Waals surface area contributed by atoms with Gasteiger partial charge in [-0.3, -0.25) is 0 Å². The predicted octanol–water partition coefficient (Wildman–Crippen LogP) is 1.35. The Labute approximate surface area is 60.9 Å². The van der Waals surface area contributed by atoms with Crippen LogP contribution in [0.25, 0.3) is 0 Å². The van der Waals surface area contributed by atoms with E-state index in [9.17, 15) is 0 Å². The van der Waals surface area contributed by atoms with E-state index in [0.717, 1.165) is 5.69 Å². The molecule has 1 rings (SSSR count). The molecule has 9 heavy (non-hydrogen) atoms. The van der Waals surface area contributed by atoms with Crippen LogP contribution < -0.4 is 0 Å². The first-order chi connectivity index (χ1) is 4.24. The summed E-state index contributed by atoms with van der Waals surface area (Å²) in [6.07, 6.45) is 0. The van der Waals surface area contributed by atoms with Crippen molar-refractivity contribution in [1.82, 2.24) is 9.97 Å². The zero-order valence-electron chi connectivity index (χ0n) is 4.77. The first kappa shape index (κ1) is 6.30. The van der Waals surface area contributed by atoms with Crippen molar-refractivity contribution in [2.75, 3.05) is 0 Å². The Kier molecular flexibility index (Phi) is 1.54. The highest BCUT2D eigenvalue weighted by atomic mass is 79.9. The number of aromatic nitrogens is 2. The first-order valence-electron chi connectivity index (χ1n) is 2.36. The molecular weight excluding hydrogens is 182 g/mol. The molecule has 0 fully saturated rings. The van der Waals surface area contributed by atoms with Gasteiger partial charge in [0.15, 0.2) is 10.4 Å². The summed E-state index contributed by atoms with van der Waals surface area (Å²) in [4.78, 5) is 6.67. The fourth-order valence-corrected chi connectivity index (χ4v) is 1.01. The number of nitriles is 1. The predicted molar refractivity (Wildman–Crippen MR) is 35.7 cm³/mol. The Morgan fingerprint density at radius 3 is 2.67 bits per heavy atom. The quantitative estimate of drug-likeness (QED) is 0.664. The minimum atomic E-state index is 0.446. The average molecular weight is 186 g/mol. The third-order valence-corrected chi connectivity index (χ3v) is 1.34. The number of hydrogen-bond acceptors (Lipinski definition) is 2. The van der Waals surface area contributed by atoms with Crippen molar-refractivity contribution in [3.05, 3.63) is 16.1 Å². The molecule has 46 valence electrons. The number of aryl methyl sites for hydroxylation is 1. The zero-order valence-corrected chi connectivity index (χ0v) is 6.36. The number of rotatable bonds is 0. The van der Waals surface area contributed by atoms with E-state index < -0.39 is 0 Å². The molecule has 0 spiro atoms. The normalized spacial score (nSPS) is 9.00. The topological polar surface area (TPSA) is 52.5 Å². The largest absolute Gasteiger partial charge is 0.335 e. The summed E-state index contributed by atoms with van der Waals surface area (Å²) < 4.78 is 0.608. The first-order valence-corrected chi connectivity index (χ1v) is 3.15. The van der Waals surface area contributed by atoms with Crippen molar-refractivity contribution in [3.8, 4) is 6.07 Å². The smallest absolute Gasteiger partial charge is 0.175 e. The number of halogens is 1. The summed E-state index contributed by atoms with van der Waals surface area (Å²) in [5.74, 6) is 0. The zero-order chi connectivity index (χ0) is 6.85. The van der Waals surface area contributed by atoms with Crippen LogP contribution in [0, 0.1) is 18.3 Å². The number of H-pyrrole nitrogens is 1. The van der Waals surface area contributed by atoms with Gasteiger partial charge in [-0.25, -0.2) is 4.98 Å². The van der Waals surface area contributed by atoms with Gasteiger partial charge < -0.3 is 4.98 Å². The van der Waals surface area contributed by atoms with E-state index in [-0.39, 0.29) is 0 Å². The van der Waals surface area contributed by atoms with Crippen LogP contribution in [0.4, 0.5) is 0 Å². The lowest BCUT2D eigenvalue weighted by molar-refractivity contribution is 1.20. The number of nitrogens with zero attached hydrogens (tertiary/aromatic N) is 2. The average Bonchev–Trinajstić information content (AvgIpc) is 2.10. The maximum atomic E-state index is 8.38. The molecular formula is C5H4BrN3. The van der Waals surface area contributed by atoms with Gasteiger partial charge in [-0.15, -0.1) is 0 Å². The highest BCUT2D eigenvalue weighted by Crippen LogP contribution is 2.07. The minimum Gasteiger partial charge on any atom is -0.335 e. The van der Waals surface area contributed by atoms with Gasteiger partial charge in [0.05, 0.1) is 5.69 Å². The van der Waals surface area contributed by atoms with Gasteiger partial charge in [0.1, 0.15) is 6.07 Å². The molecule has 0 saturated carbocycles. The second-order valence-corrected chi connectivity index (χ2v) is 2.36. The van der Waals surface area contributed by atoms with Crippen LogP contribution in [-0.2, 0) is 0 Å². The minimum absolute atomic E-state index is 0.446. The third-order valence-electron chi connectivity index (χ3n) is 0.962. The SMILES string of the molecule is Cc1[nH]c(Br)nc1C#N. The summed E-state index contributed by atoms with van der Waals surface area (Å²) >= 11 is 3.11. The van der Waals surface area contributed by atoms with Crippen LogP contribution in [0.1, 0.15) is 11.4 Å². The van der Waals surface area contributed by atoms with Crippen LogP contribution >= 0.6 is 15.9 Å². The Morgan fingerprint density at radius 2 is 2.44 bits per heavy atom. The molecule has 0 saturated heterocycles. The van der Waals surface area contributed by atoms with Crippen LogP contribution in [0.3, 0.4) is 0 Å². The molecule has 0 radical (unpaired) electrons. The highest BCUT2D eigenvalue weighted by molar-refractivity contribution is 9.10. The van der Waals surface area contributed by atoms with E-state index in [2.05, 4.69) is 25.9 Å². The molecule has 1 heterocycles. The lowest BCUT2D eigenvalue weighted by atomic mass is 10.4. The molecule has 0 bridgehead atoms. The molecule has 0 aliphatic carbocycles. The van der Waals surface area contributed by atoms with Crippen molar-refractivity contribution in [1.29, 1.82) is 5.26 Å². The van der Waals surface area contributed by atoms with Gasteiger partial charge in [-0.1, -0.05) is 0 Å². The van der Waals surface area contributed by atoms with Gasteiger partial charge in [0.25, 0.3) is 0 Å². The summed E-state index contributed by atoms with van der Waals surface area (Å²) in [5, 5.41) is 8.38. The Hall–Kier alpha value is -0.820. The maximum absolute atomic E-state index is 8.38. The van der Waals surface area contributed by atoms with Crippen LogP contribution in [0.15, 0.2) is 4.73 Å². The molecule has 0 aromatic carbocycles. The molecule has 0 amide bonds. The highest BCUT2D eigenvalue weighted by Gasteiger charge is 2.00. The second kappa shape index (κ2) is 2.19. The second-order valence-electron chi connectivity index (χ2n) is 1.61. The summed E-state index contributed by atoms with van der Waals surface area (Å²) in [6.45, 7) is 1.80. The van der Waals surface area contributed by atoms with Gasteiger partial charge in [0, 0.05) is 0 Å². The van der Waals surface area contributed by atoms with Crippen molar-refractivity contribution in [2.24, 2.45) is 0 Å². The van der Waals surface area contributed by atoms with Crippen LogP contribution in [0.5, 0.6) is 0 Å². The third kappa shape index (κ3) is 1.11. The van der Waals surface area contributed by atoms with Gasteiger partial charge in [0.2, 0.25) is 0 Å². The van der Waals surface area contributed by atoms with Crippen LogP contribution in [0.2, 0.25) is 0 Å². The molecule has 3 nitrogen and oxygen atoms in total. The fourth-order valence-electron chi connectivity index (χ4n) is 0.533. The molecule has 0 unspecified atom stereocenters. The van der Waals surface area contributed by atoms with E-state index >= 15 is 0 Å². The van der Waals surface area contributed by atoms with Crippen molar-refractivity contribution in [2.45, 2.75) is 6.92 Å². The van der Waals surface area contributed by atoms with E-state index in [1.807, 2.05) is 6.07 Å². The monoisotopic (exact) mass is 185 g/mol. The molecule has 4 heteroatoms. The van der Waals surface area contributed by atoms with E-state index in [4.69, 9.17) is 5.26 Å². The van der Waals surface area contributed by atoms with Gasteiger partial charge in [-0.2, -0.15) is 5.26 Å². The Bertz CT molecular complexity index is 258. The molecule has 0 atom stereocenters. The Morgan fingerprint density at radius 1 is 1.78 bits per heavy atom. The maximum Gasteiger partial charge on any atom is 0.175 e. The summed E-state index contributed by atoms with van der Waals surface area (Å²) in [7, 11) is 0. The number of imidazole rings is 1. The molecule has 0 aliphatic heterocycles. The van der Waals surface area contributed by atoms with Gasteiger partial charge in [-0.05, 0) is 22.9 Å². The fraction of sp³-hybridized carbons (Fsp3) is 0.200. The lowest BCUT2D eigenvalue weighted by Gasteiger charge is -1.76. The van der Waals surface area contributed by atoms with E-state index in [1.54, 1.807) is 6.92 Å².